The summed E-state index contributed by atoms with van der Waals surface area (Å²) in [4.78, 5) is 6.34. The molecular formula is C11H21N3O. The van der Waals surface area contributed by atoms with Crippen molar-refractivity contribution in [2.45, 2.75) is 33.4 Å². The van der Waals surface area contributed by atoms with Crippen LogP contribution in [0, 0.1) is 6.92 Å². The molecule has 0 aliphatic heterocycles. The van der Waals surface area contributed by atoms with Crippen LogP contribution in [0.15, 0.2) is 10.8 Å². The molecule has 1 unspecified atom stereocenters. The molecule has 0 fully saturated rings. The Balaban J connectivity index is 2.28. The average Bonchev–Trinajstić information content (AvgIpc) is 2.61. The summed E-state index contributed by atoms with van der Waals surface area (Å²) in [7, 11) is 2.12. The Morgan fingerprint density at radius 1 is 1.60 bits per heavy atom. The fraction of sp³-hybridized carbons (Fsp3) is 0.727. The van der Waals surface area contributed by atoms with E-state index in [4.69, 9.17) is 4.42 Å². The van der Waals surface area contributed by atoms with Gasteiger partial charge in [0.15, 0.2) is 6.39 Å². The maximum Gasteiger partial charge on any atom is 0.181 e. The molecule has 0 amide bonds. The number of aryl methyl sites for hydroxylation is 1. The fourth-order valence-electron chi connectivity index (χ4n) is 1.42. The molecular weight excluding hydrogens is 190 g/mol. The summed E-state index contributed by atoms with van der Waals surface area (Å²) in [5, 5.41) is 3.42. The standard InChI is InChI=1S/C11H21N3O/c1-5-14(4)7-9(2)12-6-11-10(3)13-8-15-11/h8-9,12H,5-7H2,1-4H3. The van der Waals surface area contributed by atoms with E-state index < -0.39 is 0 Å². The lowest BCUT2D eigenvalue weighted by molar-refractivity contribution is 0.304. The van der Waals surface area contributed by atoms with Crippen molar-refractivity contribution in [2.75, 3.05) is 20.1 Å². The van der Waals surface area contributed by atoms with Crippen molar-refractivity contribution < 1.29 is 4.42 Å². The minimum Gasteiger partial charge on any atom is -0.447 e. The maximum atomic E-state index is 5.26. The number of likely N-dealkylation sites (N-methyl/N-ethyl adjacent to an activating group) is 1. The third-order valence-corrected chi connectivity index (χ3v) is 2.58. The first-order valence-electron chi connectivity index (χ1n) is 5.44. The number of oxazole rings is 1. The van der Waals surface area contributed by atoms with Crippen LogP contribution >= 0.6 is 0 Å². The van der Waals surface area contributed by atoms with Crippen molar-refractivity contribution in [2.24, 2.45) is 0 Å². The molecule has 86 valence electrons. The topological polar surface area (TPSA) is 41.3 Å². The molecule has 0 saturated carbocycles. The Hall–Kier alpha value is -0.870. The largest absolute Gasteiger partial charge is 0.447 e. The van der Waals surface area contributed by atoms with E-state index in [2.05, 4.69) is 36.1 Å². The van der Waals surface area contributed by atoms with Gasteiger partial charge in [-0.3, -0.25) is 0 Å². The summed E-state index contributed by atoms with van der Waals surface area (Å²) in [5.74, 6) is 0.931. The number of rotatable bonds is 6. The van der Waals surface area contributed by atoms with Gasteiger partial charge in [-0.05, 0) is 27.4 Å². The van der Waals surface area contributed by atoms with Gasteiger partial charge in [-0.25, -0.2) is 4.98 Å². The smallest absolute Gasteiger partial charge is 0.181 e. The molecule has 0 aliphatic rings. The first-order chi connectivity index (χ1) is 7.13. The highest BCUT2D eigenvalue weighted by atomic mass is 16.3. The zero-order valence-electron chi connectivity index (χ0n) is 10.1. The van der Waals surface area contributed by atoms with Gasteiger partial charge in [-0.2, -0.15) is 0 Å². The predicted octanol–water partition coefficient (Wildman–Crippen LogP) is 1.41. The molecule has 0 saturated heterocycles. The third-order valence-electron chi connectivity index (χ3n) is 2.58. The van der Waals surface area contributed by atoms with E-state index in [-0.39, 0.29) is 0 Å². The zero-order chi connectivity index (χ0) is 11.3. The van der Waals surface area contributed by atoms with Gasteiger partial charge in [0.05, 0.1) is 12.2 Å². The average molecular weight is 211 g/mol. The highest BCUT2D eigenvalue weighted by Crippen LogP contribution is 2.04. The summed E-state index contributed by atoms with van der Waals surface area (Å²) in [6, 6.07) is 0.458. The first-order valence-corrected chi connectivity index (χ1v) is 5.44. The fourth-order valence-corrected chi connectivity index (χ4v) is 1.42. The Bertz CT molecular complexity index is 285. The molecule has 1 N–H and O–H groups in total. The second-order valence-corrected chi connectivity index (χ2v) is 4.00. The van der Waals surface area contributed by atoms with Crippen molar-refractivity contribution in [3.05, 3.63) is 17.8 Å². The summed E-state index contributed by atoms with van der Waals surface area (Å²) in [5.41, 5.74) is 0.971. The van der Waals surface area contributed by atoms with Crippen LogP contribution in [0.4, 0.5) is 0 Å². The number of nitrogens with zero attached hydrogens (tertiary/aromatic N) is 2. The van der Waals surface area contributed by atoms with Gasteiger partial charge in [0.2, 0.25) is 0 Å². The third kappa shape index (κ3) is 4.01. The molecule has 4 heteroatoms. The summed E-state index contributed by atoms with van der Waals surface area (Å²) < 4.78 is 5.26. The van der Waals surface area contributed by atoms with E-state index >= 15 is 0 Å². The molecule has 4 nitrogen and oxygen atoms in total. The van der Waals surface area contributed by atoms with E-state index in [9.17, 15) is 0 Å². The van der Waals surface area contributed by atoms with E-state index in [0.717, 1.165) is 31.1 Å². The molecule has 1 rings (SSSR count). The predicted molar refractivity (Wildman–Crippen MR) is 60.7 cm³/mol. The van der Waals surface area contributed by atoms with E-state index in [1.54, 1.807) is 0 Å². The molecule has 0 aromatic carbocycles. The Kier molecular flexibility index (Phi) is 4.78. The lowest BCUT2D eigenvalue weighted by Crippen LogP contribution is -2.36. The van der Waals surface area contributed by atoms with Crippen LogP contribution in [-0.2, 0) is 6.54 Å². The molecule has 1 aromatic heterocycles. The molecule has 1 heterocycles. The Morgan fingerprint density at radius 2 is 2.33 bits per heavy atom. The second kappa shape index (κ2) is 5.88. The van der Waals surface area contributed by atoms with Crippen molar-refractivity contribution >= 4 is 0 Å². The molecule has 15 heavy (non-hydrogen) atoms. The van der Waals surface area contributed by atoms with E-state index in [1.807, 2.05) is 6.92 Å². The van der Waals surface area contributed by atoms with Crippen molar-refractivity contribution in [3.8, 4) is 0 Å². The van der Waals surface area contributed by atoms with Crippen LogP contribution in [0.5, 0.6) is 0 Å². The molecule has 1 aromatic rings. The van der Waals surface area contributed by atoms with Crippen LogP contribution in [0.2, 0.25) is 0 Å². The number of hydrogen-bond donors (Lipinski definition) is 1. The van der Waals surface area contributed by atoms with Gasteiger partial charge < -0.3 is 14.6 Å². The molecule has 1 atom stereocenters. The van der Waals surface area contributed by atoms with Crippen molar-refractivity contribution in [1.82, 2.24) is 15.2 Å². The Labute approximate surface area is 91.7 Å². The normalized spacial score (nSPS) is 13.4. The van der Waals surface area contributed by atoms with Crippen molar-refractivity contribution in [1.29, 1.82) is 0 Å². The van der Waals surface area contributed by atoms with Crippen LogP contribution in [0.25, 0.3) is 0 Å². The summed E-state index contributed by atoms with van der Waals surface area (Å²) >= 11 is 0. The van der Waals surface area contributed by atoms with E-state index in [1.165, 1.54) is 6.39 Å². The SMILES string of the molecule is CCN(C)CC(C)NCc1ocnc1C. The van der Waals surface area contributed by atoms with Gasteiger partial charge in [0.1, 0.15) is 5.76 Å². The number of aromatic nitrogens is 1. The minimum absolute atomic E-state index is 0.458. The van der Waals surface area contributed by atoms with Gasteiger partial charge in [0.25, 0.3) is 0 Å². The van der Waals surface area contributed by atoms with Crippen LogP contribution in [0.1, 0.15) is 25.3 Å². The monoisotopic (exact) mass is 211 g/mol. The van der Waals surface area contributed by atoms with E-state index in [0.29, 0.717) is 6.04 Å². The minimum atomic E-state index is 0.458. The molecule has 0 spiro atoms. The van der Waals surface area contributed by atoms with Crippen LogP contribution in [-0.4, -0.2) is 36.1 Å². The Morgan fingerprint density at radius 3 is 2.87 bits per heavy atom. The van der Waals surface area contributed by atoms with Gasteiger partial charge in [-0.15, -0.1) is 0 Å². The quantitative estimate of drug-likeness (QED) is 0.772. The first kappa shape index (κ1) is 12.2. The zero-order valence-corrected chi connectivity index (χ0v) is 10.1. The second-order valence-electron chi connectivity index (χ2n) is 4.00. The maximum absolute atomic E-state index is 5.26. The van der Waals surface area contributed by atoms with Gasteiger partial charge in [-0.1, -0.05) is 6.92 Å². The van der Waals surface area contributed by atoms with Crippen LogP contribution < -0.4 is 5.32 Å². The van der Waals surface area contributed by atoms with Crippen LogP contribution in [0.3, 0.4) is 0 Å². The molecule has 0 radical (unpaired) electrons. The number of hydrogen-bond acceptors (Lipinski definition) is 4. The lowest BCUT2D eigenvalue weighted by atomic mass is 10.3. The lowest BCUT2D eigenvalue weighted by Gasteiger charge is -2.20. The highest BCUT2D eigenvalue weighted by Gasteiger charge is 2.07. The van der Waals surface area contributed by atoms with Crippen molar-refractivity contribution in [3.63, 3.8) is 0 Å². The summed E-state index contributed by atoms with van der Waals surface area (Å²) in [6.45, 7) is 9.18. The molecule has 0 bridgehead atoms. The number of nitrogens with one attached hydrogen (secondary N) is 1. The highest BCUT2D eigenvalue weighted by molar-refractivity contribution is 5.03. The summed E-state index contributed by atoms with van der Waals surface area (Å²) in [6.07, 6.45) is 1.50. The molecule has 0 aliphatic carbocycles. The van der Waals surface area contributed by atoms with Gasteiger partial charge >= 0.3 is 0 Å². The van der Waals surface area contributed by atoms with Gasteiger partial charge in [0, 0.05) is 12.6 Å².